The number of hydrogen-bond acceptors (Lipinski definition) is 5. The number of H-pyrrole nitrogens is 1. The number of aromatic amines is 1. The van der Waals surface area contributed by atoms with Crippen molar-refractivity contribution in [2.75, 3.05) is 5.73 Å². The molecule has 0 saturated heterocycles. The third-order valence-electron chi connectivity index (χ3n) is 5.11. The Morgan fingerprint density at radius 2 is 2.15 bits per heavy atom. The maximum atomic E-state index is 13.7. The minimum Gasteiger partial charge on any atom is -0.393 e. The highest BCUT2D eigenvalue weighted by Crippen LogP contribution is 2.36. The number of hydrogen-bond donors (Lipinski definition) is 3. The molecule has 0 radical (unpaired) electrons. The molecule has 1 aliphatic rings. The van der Waals surface area contributed by atoms with Gasteiger partial charge in [-0.1, -0.05) is 0 Å². The number of nitrogens with one attached hydrogen (secondary N) is 1. The van der Waals surface area contributed by atoms with Crippen molar-refractivity contribution < 1.29 is 9.50 Å². The lowest BCUT2D eigenvalue weighted by molar-refractivity contribution is 0.0449. The Bertz CT molecular complexity index is 1130. The molecule has 0 aliphatic heterocycles. The Labute approximate surface area is 147 Å². The van der Waals surface area contributed by atoms with E-state index < -0.39 is 0 Å². The molecular weight excluding hydrogens is 335 g/mol. The maximum Gasteiger partial charge on any atom is 0.163 e. The third-order valence-corrected chi connectivity index (χ3v) is 5.11. The van der Waals surface area contributed by atoms with Crippen LogP contribution in [-0.4, -0.2) is 35.9 Å². The van der Waals surface area contributed by atoms with Crippen LogP contribution in [0.2, 0.25) is 0 Å². The largest absolute Gasteiger partial charge is 0.393 e. The van der Waals surface area contributed by atoms with Gasteiger partial charge < -0.3 is 15.8 Å². The van der Waals surface area contributed by atoms with Gasteiger partial charge in [-0.15, -0.1) is 0 Å². The SMILES string of the molecule is Nc1ncnc2c1c(Cc1c[nH]c3ccc(F)cc13)nn2[C@H]1C[C@H](O)C1. The van der Waals surface area contributed by atoms with E-state index >= 15 is 0 Å². The fourth-order valence-corrected chi connectivity index (χ4v) is 3.68. The van der Waals surface area contributed by atoms with E-state index in [0.29, 0.717) is 30.7 Å². The summed E-state index contributed by atoms with van der Waals surface area (Å²) in [7, 11) is 0. The standard InChI is InChI=1S/C18H17FN6O/c19-10-1-2-14-13(4-10)9(7-21-14)3-15-16-17(20)22-8-23-18(16)25(24-15)11-5-12(26)6-11/h1-2,4,7-8,11-12,21,26H,3,5-6H2,(H2,20,22,23)/t11-,12-. The second-order valence-corrected chi connectivity index (χ2v) is 6.81. The third kappa shape index (κ3) is 2.26. The Kier molecular flexibility index (Phi) is 3.23. The predicted octanol–water partition coefficient (Wildman–Crippen LogP) is 2.32. The smallest absolute Gasteiger partial charge is 0.163 e. The molecule has 1 aromatic carbocycles. The fourth-order valence-electron chi connectivity index (χ4n) is 3.68. The van der Waals surface area contributed by atoms with Crippen LogP contribution in [0.5, 0.6) is 0 Å². The van der Waals surface area contributed by atoms with Crippen LogP contribution in [0.3, 0.4) is 0 Å². The van der Waals surface area contributed by atoms with Crippen LogP contribution in [-0.2, 0) is 6.42 Å². The van der Waals surface area contributed by atoms with Crippen LogP contribution >= 0.6 is 0 Å². The Hall–Kier alpha value is -3.00. The van der Waals surface area contributed by atoms with E-state index in [0.717, 1.165) is 27.5 Å². The molecule has 1 fully saturated rings. The first-order valence-corrected chi connectivity index (χ1v) is 8.51. The summed E-state index contributed by atoms with van der Waals surface area (Å²) in [5, 5.41) is 15.9. The maximum absolute atomic E-state index is 13.7. The average molecular weight is 352 g/mol. The minimum absolute atomic E-state index is 0.107. The van der Waals surface area contributed by atoms with Crippen molar-refractivity contribution in [3.63, 3.8) is 0 Å². The van der Waals surface area contributed by atoms with Gasteiger partial charge in [0, 0.05) is 23.5 Å². The topological polar surface area (TPSA) is 106 Å². The van der Waals surface area contributed by atoms with E-state index in [-0.39, 0.29) is 18.0 Å². The van der Waals surface area contributed by atoms with E-state index in [4.69, 9.17) is 10.8 Å². The van der Waals surface area contributed by atoms with Crippen molar-refractivity contribution >= 4 is 27.8 Å². The van der Waals surface area contributed by atoms with Gasteiger partial charge in [-0.25, -0.2) is 19.0 Å². The summed E-state index contributed by atoms with van der Waals surface area (Å²) in [6, 6.07) is 4.78. The predicted molar refractivity (Wildman–Crippen MR) is 95.1 cm³/mol. The number of aromatic nitrogens is 5. The van der Waals surface area contributed by atoms with Crippen molar-refractivity contribution in [1.29, 1.82) is 0 Å². The lowest BCUT2D eigenvalue weighted by atomic mass is 9.90. The normalized spacial score (nSPS) is 19.9. The molecule has 3 aromatic heterocycles. The molecule has 1 aliphatic carbocycles. The molecule has 4 N–H and O–H groups in total. The summed E-state index contributed by atoms with van der Waals surface area (Å²) in [5.41, 5.74) is 9.34. The van der Waals surface area contributed by atoms with Gasteiger partial charge in [-0.2, -0.15) is 5.10 Å². The van der Waals surface area contributed by atoms with E-state index in [9.17, 15) is 9.50 Å². The molecule has 8 heteroatoms. The number of fused-ring (bicyclic) bond motifs is 2. The lowest BCUT2D eigenvalue weighted by Gasteiger charge is -2.31. The highest BCUT2D eigenvalue weighted by Gasteiger charge is 2.32. The monoisotopic (exact) mass is 352 g/mol. The fraction of sp³-hybridized carbons (Fsp3) is 0.278. The van der Waals surface area contributed by atoms with E-state index in [2.05, 4.69) is 15.0 Å². The van der Waals surface area contributed by atoms with Crippen molar-refractivity contribution in [2.24, 2.45) is 0 Å². The molecule has 0 spiro atoms. The molecule has 0 atom stereocenters. The second kappa shape index (κ2) is 5.50. The van der Waals surface area contributed by atoms with Crippen molar-refractivity contribution in [3.8, 4) is 0 Å². The zero-order chi connectivity index (χ0) is 17.8. The number of aliphatic hydroxyl groups is 1. The van der Waals surface area contributed by atoms with Crippen LogP contribution < -0.4 is 5.73 Å². The average Bonchev–Trinajstić information content (AvgIpc) is 3.15. The number of benzene rings is 1. The van der Waals surface area contributed by atoms with Gasteiger partial charge in [-0.05, 0) is 36.6 Å². The van der Waals surface area contributed by atoms with Gasteiger partial charge in [0.05, 0.1) is 23.2 Å². The summed E-state index contributed by atoms with van der Waals surface area (Å²) >= 11 is 0. The summed E-state index contributed by atoms with van der Waals surface area (Å²) in [6.45, 7) is 0. The first kappa shape index (κ1) is 15.3. The van der Waals surface area contributed by atoms with Crippen LogP contribution in [0.25, 0.3) is 21.9 Å². The number of nitrogens with two attached hydrogens (primary N) is 1. The van der Waals surface area contributed by atoms with E-state index in [1.54, 1.807) is 6.07 Å². The Morgan fingerprint density at radius 3 is 2.96 bits per heavy atom. The quantitative estimate of drug-likeness (QED) is 0.525. The molecule has 4 aromatic rings. The number of nitrogens with zero attached hydrogens (tertiary/aromatic N) is 4. The minimum atomic E-state index is -0.293. The molecule has 3 heterocycles. The summed E-state index contributed by atoms with van der Waals surface area (Å²) < 4.78 is 15.5. The number of rotatable bonds is 3. The van der Waals surface area contributed by atoms with E-state index in [1.807, 2.05) is 10.9 Å². The van der Waals surface area contributed by atoms with Gasteiger partial charge in [0.2, 0.25) is 0 Å². The number of anilines is 1. The molecule has 26 heavy (non-hydrogen) atoms. The second-order valence-electron chi connectivity index (χ2n) is 6.81. The van der Waals surface area contributed by atoms with E-state index in [1.165, 1.54) is 18.5 Å². The highest BCUT2D eigenvalue weighted by atomic mass is 19.1. The van der Waals surface area contributed by atoms with Crippen LogP contribution in [0.15, 0.2) is 30.7 Å². The summed E-state index contributed by atoms with van der Waals surface area (Å²) in [6.07, 6.45) is 4.78. The van der Waals surface area contributed by atoms with Crippen LogP contribution in [0.4, 0.5) is 10.2 Å². The number of nitrogen functional groups attached to an aromatic ring is 1. The molecule has 0 amide bonds. The molecule has 7 nitrogen and oxygen atoms in total. The van der Waals surface area contributed by atoms with Gasteiger partial charge >= 0.3 is 0 Å². The van der Waals surface area contributed by atoms with Crippen LogP contribution in [0.1, 0.15) is 30.1 Å². The summed E-state index contributed by atoms with van der Waals surface area (Å²) in [4.78, 5) is 11.6. The molecule has 5 rings (SSSR count). The number of halogens is 1. The van der Waals surface area contributed by atoms with Gasteiger partial charge in [0.1, 0.15) is 18.0 Å². The molecular formula is C18H17FN6O. The van der Waals surface area contributed by atoms with Gasteiger partial charge in [0.25, 0.3) is 0 Å². The first-order chi connectivity index (χ1) is 12.6. The molecule has 132 valence electrons. The lowest BCUT2D eigenvalue weighted by Crippen LogP contribution is -2.31. The Balaban J connectivity index is 1.63. The molecule has 0 bridgehead atoms. The highest BCUT2D eigenvalue weighted by molar-refractivity contribution is 5.90. The van der Waals surface area contributed by atoms with Crippen LogP contribution in [0, 0.1) is 5.82 Å². The first-order valence-electron chi connectivity index (χ1n) is 8.51. The number of aliphatic hydroxyl groups excluding tert-OH is 1. The molecule has 0 unspecified atom stereocenters. The van der Waals surface area contributed by atoms with Gasteiger partial charge in [-0.3, -0.25) is 0 Å². The zero-order valence-corrected chi connectivity index (χ0v) is 13.9. The van der Waals surface area contributed by atoms with Gasteiger partial charge in [0.15, 0.2) is 5.65 Å². The summed E-state index contributed by atoms with van der Waals surface area (Å²) in [5.74, 6) is 0.0992. The van der Waals surface area contributed by atoms with Crippen molar-refractivity contribution in [1.82, 2.24) is 24.7 Å². The Morgan fingerprint density at radius 1 is 1.31 bits per heavy atom. The zero-order valence-electron chi connectivity index (χ0n) is 13.9. The molecule has 1 saturated carbocycles. The van der Waals surface area contributed by atoms with Crippen molar-refractivity contribution in [2.45, 2.75) is 31.4 Å². The van der Waals surface area contributed by atoms with Crippen molar-refractivity contribution in [3.05, 3.63) is 47.8 Å².